The second kappa shape index (κ2) is 15.3. The highest BCUT2D eigenvalue weighted by Gasteiger charge is 2.29. The number of benzene rings is 1. The molecule has 2 aromatic heterocycles. The van der Waals surface area contributed by atoms with Gasteiger partial charge in [-0.1, -0.05) is 11.6 Å². The van der Waals surface area contributed by atoms with Crippen molar-refractivity contribution in [1.82, 2.24) is 20.1 Å². The number of aromatic nitrogens is 1. The van der Waals surface area contributed by atoms with Crippen LogP contribution in [0.4, 0.5) is 0 Å². The van der Waals surface area contributed by atoms with Gasteiger partial charge >= 0.3 is 0 Å². The van der Waals surface area contributed by atoms with Crippen LogP contribution in [0.1, 0.15) is 49.0 Å². The molecule has 0 aliphatic carbocycles. The smallest absolute Gasteiger partial charge is 0.230 e. The van der Waals surface area contributed by atoms with Crippen LogP contribution in [0.3, 0.4) is 0 Å². The molecular formula is C32H40ClN5O5S. The number of rotatable bonds is 14. The number of carbonyl (C=O) groups excluding carboxylic acids is 3. The summed E-state index contributed by atoms with van der Waals surface area (Å²) in [6.07, 6.45) is 5.45. The molecule has 236 valence electrons. The first kappa shape index (κ1) is 32.3. The number of piperidine rings is 1. The van der Waals surface area contributed by atoms with Crippen LogP contribution in [0.5, 0.6) is 5.75 Å². The quantitative estimate of drug-likeness (QED) is 0.197. The maximum Gasteiger partial charge on any atom is 0.230 e. The zero-order chi connectivity index (χ0) is 31.1. The summed E-state index contributed by atoms with van der Waals surface area (Å²) in [6.45, 7) is 7.04. The molecule has 44 heavy (non-hydrogen) atoms. The standard InChI is InChI=1S/C32H40ClN5O5S/c1-21-17-22(33)18-26(25-5-11-35-27-19-24(44-32(25)27)20-38-29(40)3-4-30(38)41)31(21)43-23-6-13-37(14-7-23)12-2-10-36-28(39)8-15-42-16-9-34/h5,11,17-19,23H,2-4,6-10,12-16,20,34H2,1H3,(H,36,39). The SMILES string of the molecule is Cc1cc(Cl)cc(-c2ccnc3cc(CN4C(=O)CCC4=O)sc23)c1OC1CCN(CCCNC(=O)CCOCCN)CC1. The number of amides is 3. The lowest BCUT2D eigenvalue weighted by Crippen LogP contribution is -2.39. The predicted molar refractivity (Wildman–Crippen MR) is 172 cm³/mol. The van der Waals surface area contributed by atoms with Gasteiger partial charge in [0.1, 0.15) is 11.9 Å². The fourth-order valence-corrected chi connectivity index (χ4v) is 7.11. The molecule has 10 nitrogen and oxygen atoms in total. The lowest BCUT2D eigenvalue weighted by Gasteiger charge is -2.33. The number of nitrogens with two attached hydrogens (primary N) is 1. The summed E-state index contributed by atoms with van der Waals surface area (Å²) in [5.74, 6) is 0.573. The second-order valence-electron chi connectivity index (χ2n) is 11.3. The molecule has 0 atom stereocenters. The van der Waals surface area contributed by atoms with Crippen molar-refractivity contribution in [2.24, 2.45) is 5.73 Å². The summed E-state index contributed by atoms with van der Waals surface area (Å²) in [4.78, 5) is 45.6. The van der Waals surface area contributed by atoms with Crippen LogP contribution in [0.2, 0.25) is 5.02 Å². The maximum atomic E-state index is 12.2. The van der Waals surface area contributed by atoms with E-state index in [0.29, 0.717) is 37.7 Å². The molecule has 5 rings (SSSR count). The number of hydrogen-bond acceptors (Lipinski definition) is 9. The number of fused-ring (bicyclic) bond motifs is 1. The summed E-state index contributed by atoms with van der Waals surface area (Å²) >= 11 is 8.10. The third-order valence-corrected chi connectivity index (χ3v) is 9.35. The first-order valence-electron chi connectivity index (χ1n) is 15.3. The number of hydrogen-bond donors (Lipinski definition) is 2. The van der Waals surface area contributed by atoms with Gasteiger partial charge in [-0.15, -0.1) is 11.3 Å². The third kappa shape index (κ3) is 8.13. The minimum absolute atomic E-state index is 0.00491. The molecule has 0 unspecified atom stereocenters. The Kier molecular flexibility index (Phi) is 11.2. The van der Waals surface area contributed by atoms with Gasteiger partial charge in [0.05, 0.1) is 30.0 Å². The van der Waals surface area contributed by atoms with Crippen molar-refractivity contribution >= 4 is 50.9 Å². The van der Waals surface area contributed by atoms with Gasteiger partial charge < -0.3 is 25.4 Å². The molecule has 12 heteroatoms. The third-order valence-electron chi connectivity index (χ3n) is 7.99. The predicted octanol–water partition coefficient (Wildman–Crippen LogP) is 4.29. The molecule has 4 heterocycles. The lowest BCUT2D eigenvalue weighted by atomic mass is 10.0. The topological polar surface area (TPSA) is 127 Å². The van der Waals surface area contributed by atoms with E-state index in [9.17, 15) is 14.4 Å². The van der Waals surface area contributed by atoms with E-state index in [1.165, 1.54) is 4.90 Å². The lowest BCUT2D eigenvalue weighted by molar-refractivity contribution is -0.139. The Morgan fingerprint density at radius 1 is 1.14 bits per heavy atom. The Hall–Kier alpha value is -3.09. The van der Waals surface area contributed by atoms with Gasteiger partial charge in [0.2, 0.25) is 17.7 Å². The van der Waals surface area contributed by atoms with Crippen LogP contribution in [0.25, 0.3) is 21.3 Å². The van der Waals surface area contributed by atoms with Crippen LogP contribution < -0.4 is 15.8 Å². The van der Waals surface area contributed by atoms with Crippen LogP contribution in [0, 0.1) is 6.92 Å². The number of aryl methyl sites for hydroxylation is 1. The van der Waals surface area contributed by atoms with E-state index in [2.05, 4.69) is 15.2 Å². The van der Waals surface area contributed by atoms with Gasteiger partial charge in [-0.2, -0.15) is 0 Å². The van der Waals surface area contributed by atoms with Crippen molar-refractivity contribution in [3.63, 3.8) is 0 Å². The highest BCUT2D eigenvalue weighted by atomic mass is 35.5. The van der Waals surface area contributed by atoms with Gasteiger partial charge in [0.15, 0.2) is 0 Å². The summed E-state index contributed by atoms with van der Waals surface area (Å²) in [5, 5.41) is 3.59. The Balaban J connectivity index is 1.20. The fraction of sp³-hybridized carbons (Fsp3) is 0.500. The van der Waals surface area contributed by atoms with Crippen molar-refractivity contribution in [2.75, 3.05) is 45.9 Å². The van der Waals surface area contributed by atoms with Crippen LogP contribution in [-0.2, 0) is 25.7 Å². The molecule has 0 spiro atoms. The van der Waals surface area contributed by atoms with Crippen molar-refractivity contribution < 1.29 is 23.9 Å². The minimum Gasteiger partial charge on any atom is -0.489 e. The minimum atomic E-state index is -0.125. The van der Waals surface area contributed by atoms with Crippen molar-refractivity contribution in [3.8, 4) is 16.9 Å². The van der Waals surface area contributed by atoms with E-state index in [1.54, 1.807) is 17.5 Å². The zero-order valence-electron chi connectivity index (χ0n) is 25.1. The van der Waals surface area contributed by atoms with Gasteiger partial charge in [-0.05, 0) is 62.6 Å². The van der Waals surface area contributed by atoms with Crippen molar-refractivity contribution in [3.05, 3.63) is 45.9 Å². The van der Waals surface area contributed by atoms with Crippen LogP contribution in [-0.4, -0.2) is 84.5 Å². The summed E-state index contributed by atoms with van der Waals surface area (Å²) < 4.78 is 12.9. The fourth-order valence-electron chi connectivity index (χ4n) is 5.71. The number of likely N-dealkylation sites (tertiary alicyclic amines) is 2. The van der Waals surface area contributed by atoms with E-state index >= 15 is 0 Å². The Bertz CT molecular complexity index is 1470. The van der Waals surface area contributed by atoms with Crippen LogP contribution in [0.15, 0.2) is 30.5 Å². The Labute approximate surface area is 266 Å². The van der Waals surface area contributed by atoms with Crippen molar-refractivity contribution in [2.45, 2.75) is 58.1 Å². The Morgan fingerprint density at radius 3 is 2.66 bits per heavy atom. The van der Waals surface area contributed by atoms with Gasteiger partial charge in [-0.25, -0.2) is 0 Å². The molecule has 1 aromatic carbocycles. The molecule has 3 N–H and O–H groups in total. The molecule has 3 aromatic rings. The molecule has 2 saturated heterocycles. The molecule has 2 fully saturated rings. The average molecular weight is 642 g/mol. The van der Waals surface area contributed by atoms with E-state index in [0.717, 1.165) is 76.4 Å². The van der Waals surface area contributed by atoms with E-state index < -0.39 is 0 Å². The molecule has 0 bridgehead atoms. The molecular weight excluding hydrogens is 602 g/mol. The average Bonchev–Trinajstić information content (AvgIpc) is 3.57. The molecule has 2 aliphatic rings. The second-order valence-corrected chi connectivity index (χ2v) is 12.8. The van der Waals surface area contributed by atoms with Gasteiger partial charge in [0.25, 0.3) is 0 Å². The van der Waals surface area contributed by atoms with E-state index in [1.807, 2.05) is 31.2 Å². The number of imide groups is 1. The van der Waals surface area contributed by atoms with Gasteiger partial charge in [-0.3, -0.25) is 24.3 Å². The zero-order valence-corrected chi connectivity index (χ0v) is 26.7. The molecule has 0 radical (unpaired) electrons. The first-order valence-corrected chi connectivity index (χ1v) is 16.5. The molecule has 0 saturated carbocycles. The molecule has 3 amide bonds. The maximum absolute atomic E-state index is 12.2. The number of nitrogens with one attached hydrogen (secondary N) is 1. The number of thiophene rings is 1. The number of pyridine rings is 1. The largest absolute Gasteiger partial charge is 0.489 e. The first-order chi connectivity index (χ1) is 21.3. The van der Waals surface area contributed by atoms with Gasteiger partial charge in [0, 0.05) is 72.7 Å². The van der Waals surface area contributed by atoms with Crippen molar-refractivity contribution in [1.29, 1.82) is 0 Å². The normalized spacial score (nSPS) is 16.3. The summed E-state index contributed by atoms with van der Waals surface area (Å²) in [6, 6.07) is 7.80. The highest BCUT2D eigenvalue weighted by Crippen LogP contribution is 2.42. The van der Waals surface area contributed by atoms with E-state index in [-0.39, 0.29) is 43.2 Å². The highest BCUT2D eigenvalue weighted by molar-refractivity contribution is 7.19. The number of nitrogens with zero attached hydrogens (tertiary/aromatic N) is 3. The number of carbonyl (C=O) groups is 3. The van der Waals surface area contributed by atoms with E-state index in [4.69, 9.17) is 26.8 Å². The summed E-state index contributed by atoms with van der Waals surface area (Å²) in [5.41, 5.74) is 9.05. The monoisotopic (exact) mass is 641 g/mol. The number of ether oxygens (including phenoxy) is 2. The Morgan fingerprint density at radius 2 is 1.91 bits per heavy atom. The van der Waals surface area contributed by atoms with Crippen LogP contribution >= 0.6 is 22.9 Å². The summed E-state index contributed by atoms with van der Waals surface area (Å²) in [7, 11) is 0. The number of halogens is 1. The molecule has 2 aliphatic heterocycles.